The zero-order valence-corrected chi connectivity index (χ0v) is 7.33. The zero-order valence-electron chi connectivity index (χ0n) is 6.52. The molecule has 0 atom stereocenters. The lowest BCUT2D eigenvalue weighted by Crippen LogP contribution is -1.98. The van der Waals surface area contributed by atoms with Crippen molar-refractivity contribution in [3.63, 3.8) is 0 Å². The van der Waals surface area contributed by atoms with E-state index < -0.39 is 0 Å². The quantitative estimate of drug-likeness (QED) is 0.710. The molecule has 3 N–H and O–H groups in total. The lowest BCUT2D eigenvalue weighted by molar-refractivity contribution is 0.867. The van der Waals surface area contributed by atoms with Crippen LogP contribution in [-0.2, 0) is 13.0 Å². The number of aromatic amines is 1. The number of H-pyrrole nitrogens is 1. The van der Waals surface area contributed by atoms with Crippen LogP contribution in [0.5, 0.6) is 0 Å². The molecular weight excluding hydrogens is 160 g/mol. The Hall–Kier alpha value is -0.610. The summed E-state index contributed by atoms with van der Waals surface area (Å²) in [6.07, 6.45) is 1.96. The van der Waals surface area contributed by atoms with Crippen LogP contribution in [0, 0.1) is 0 Å². The van der Waals surface area contributed by atoms with E-state index in [2.05, 4.69) is 11.9 Å². The largest absolute Gasteiger partial charge is 0.326 e. The molecule has 1 aromatic rings. The maximum absolute atomic E-state index is 10.9. The highest BCUT2D eigenvalue weighted by Gasteiger charge is 2.03. The highest BCUT2D eigenvalue weighted by Crippen LogP contribution is 2.09. The summed E-state index contributed by atoms with van der Waals surface area (Å²) in [6.45, 7) is 2.55. The van der Waals surface area contributed by atoms with Crippen molar-refractivity contribution < 1.29 is 0 Å². The average Bonchev–Trinajstić information content (AvgIpc) is 2.32. The molecule has 1 rings (SSSR count). The average molecular weight is 172 g/mol. The number of hydrogen-bond acceptors (Lipinski definition) is 3. The van der Waals surface area contributed by atoms with Gasteiger partial charge in [-0.15, -0.1) is 0 Å². The third-order valence-corrected chi connectivity index (χ3v) is 2.44. The van der Waals surface area contributed by atoms with Gasteiger partial charge in [0.1, 0.15) is 0 Å². The maximum Gasteiger partial charge on any atom is 0.304 e. The van der Waals surface area contributed by atoms with Gasteiger partial charge in [-0.3, -0.25) is 4.79 Å². The number of hydrogen-bond donors (Lipinski definition) is 2. The molecule has 62 valence electrons. The van der Waals surface area contributed by atoms with E-state index in [0.29, 0.717) is 6.54 Å². The minimum atomic E-state index is 0.00824. The molecule has 3 nitrogen and oxygen atoms in total. The molecule has 0 amide bonds. The van der Waals surface area contributed by atoms with Gasteiger partial charge < -0.3 is 10.7 Å². The molecule has 0 saturated carbocycles. The summed E-state index contributed by atoms with van der Waals surface area (Å²) in [5, 5.41) is 0. The highest BCUT2D eigenvalue weighted by atomic mass is 32.1. The summed E-state index contributed by atoms with van der Waals surface area (Å²) in [5.41, 5.74) is 6.46. The third-order valence-electron chi connectivity index (χ3n) is 1.49. The van der Waals surface area contributed by atoms with Gasteiger partial charge in [-0.05, 0) is 6.42 Å². The van der Waals surface area contributed by atoms with E-state index in [1.165, 1.54) is 11.3 Å². The summed E-state index contributed by atoms with van der Waals surface area (Å²) < 4.78 is 0. The fraction of sp³-hybridized carbons (Fsp3) is 0.571. The molecule has 0 fully saturated rings. The van der Waals surface area contributed by atoms with Crippen LogP contribution in [-0.4, -0.2) is 4.98 Å². The van der Waals surface area contributed by atoms with E-state index in [-0.39, 0.29) is 4.87 Å². The molecule has 0 unspecified atom stereocenters. The van der Waals surface area contributed by atoms with Gasteiger partial charge in [0.25, 0.3) is 0 Å². The Kier molecular flexibility index (Phi) is 2.84. The standard InChI is InChI=1S/C7H12N2OS/c1-2-3-5-6(4-8)11-7(10)9-5/h2-4,8H2,1H3,(H,9,10). The van der Waals surface area contributed by atoms with E-state index in [0.717, 1.165) is 23.4 Å². The van der Waals surface area contributed by atoms with Crippen molar-refractivity contribution in [2.24, 2.45) is 5.73 Å². The van der Waals surface area contributed by atoms with E-state index in [1.54, 1.807) is 0 Å². The normalized spacial score (nSPS) is 10.4. The third kappa shape index (κ3) is 1.91. The molecule has 0 bridgehead atoms. The monoisotopic (exact) mass is 172 g/mol. The summed E-state index contributed by atoms with van der Waals surface area (Å²) in [7, 11) is 0. The van der Waals surface area contributed by atoms with Gasteiger partial charge in [-0.2, -0.15) is 0 Å². The summed E-state index contributed by atoms with van der Waals surface area (Å²) in [4.78, 5) is 14.6. The molecule has 0 aliphatic rings. The van der Waals surface area contributed by atoms with Crippen LogP contribution < -0.4 is 10.6 Å². The fourth-order valence-corrected chi connectivity index (χ4v) is 1.77. The molecule has 1 heterocycles. The van der Waals surface area contributed by atoms with Gasteiger partial charge in [0.05, 0.1) is 0 Å². The minimum absolute atomic E-state index is 0.00824. The lowest BCUT2D eigenvalue weighted by atomic mass is 10.2. The molecule has 0 aliphatic heterocycles. The number of rotatable bonds is 3. The molecule has 0 spiro atoms. The first-order valence-corrected chi connectivity index (χ1v) is 4.50. The fourth-order valence-electron chi connectivity index (χ4n) is 1.01. The smallest absolute Gasteiger partial charge is 0.304 e. The first kappa shape index (κ1) is 8.49. The molecule has 0 saturated heterocycles. The second kappa shape index (κ2) is 3.69. The van der Waals surface area contributed by atoms with Crippen LogP contribution >= 0.6 is 11.3 Å². The van der Waals surface area contributed by atoms with Crippen molar-refractivity contribution in [1.29, 1.82) is 0 Å². The van der Waals surface area contributed by atoms with Crippen molar-refractivity contribution in [2.45, 2.75) is 26.3 Å². The number of aromatic nitrogens is 1. The van der Waals surface area contributed by atoms with E-state index in [9.17, 15) is 4.79 Å². The highest BCUT2D eigenvalue weighted by molar-refractivity contribution is 7.09. The Bertz CT molecular complexity index is 276. The van der Waals surface area contributed by atoms with Crippen molar-refractivity contribution in [2.75, 3.05) is 0 Å². The van der Waals surface area contributed by atoms with Gasteiger partial charge in [0, 0.05) is 17.1 Å². The van der Waals surface area contributed by atoms with Gasteiger partial charge >= 0.3 is 4.87 Å². The molecular formula is C7H12N2OS. The molecule has 0 radical (unpaired) electrons. The van der Waals surface area contributed by atoms with Crippen molar-refractivity contribution in [3.8, 4) is 0 Å². The number of nitrogens with one attached hydrogen (secondary N) is 1. The number of thiazole rings is 1. The van der Waals surface area contributed by atoms with E-state index in [1.807, 2.05) is 0 Å². The van der Waals surface area contributed by atoms with Gasteiger partial charge in [0.15, 0.2) is 0 Å². The molecule has 0 aromatic carbocycles. The minimum Gasteiger partial charge on any atom is -0.326 e. The SMILES string of the molecule is CCCc1[nH]c(=O)sc1CN. The van der Waals surface area contributed by atoms with Crippen molar-refractivity contribution in [1.82, 2.24) is 4.98 Å². The summed E-state index contributed by atoms with van der Waals surface area (Å²) in [5.74, 6) is 0. The molecule has 11 heavy (non-hydrogen) atoms. The van der Waals surface area contributed by atoms with Crippen molar-refractivity contribution >= 4 is 11.3 Å². The van der Waals surface area contributed by atoms with Gasteiger partial charge in [0.2, 0.25) is 0 Å². The summed E-state index contributed by atoms with van der Waals surface area (Å²) >= 11 is 1.22. The molecule has 1 aromatic heterocycles. The maximum atomic E-state index is 10.9. The van der Waals surface area contributed by atoms with Gasteiger partial charge in [-0.1, -0.05) is 24.7 Å². The molecule has 4 heteroatoms. The Balaban J connectivity index is 2.92. The van der Waals surface area contributed by atoms with Gasteiger partial charge in [-0.25, -0.2) is 0 Å². The topological polar surface area (TPSA) is 58.9 Å². The lowest BCUT2D eigenvalue weighted by Gasteiger charge is -1.95. The number of aryl methyl sites for hydroxylation is 1. The first-order chi connectivity index (χ1) is 5.27. The van der Waals surface area contributed by atoms with Crippen LogP contribution in [0.2, 0.25) is 0 Å². The van der Waals surface area contributed by atoms with Crippen LogP contribution in [0.3, 0.4) is 0 Å². The Labute approximate surface area is 69.3 Å². The second-order valence-electron chi connectivity index (χ2n) is 2.37. The van der Waals surface area contributed by atoms with Crippen LogP contribution in [0.25, 0.3) is 0 Å². The Morgan fingerprint density at radius 3 is 2.91 bits per heavy atom. The second-order valence-corrected chi connectivity index (χ2v) is 3.44. The van der Waals surface area contributed by atoms with Crippen LogP contribution in [0.4, 0.5) is 0 Å². The van der Waals surface area contributed by atoms with E-state index in [4.69, 9.17) is 5.73 Å². The Morgan fingerprint density at radius 1 is 1.64 bits per heavy atom. The Morgan fingerprint density at radius 2 is 2.36 bits per heavy atom. The van der Waals surface area contributed by atoms with E-state index >= 15 is 0 Å². The first-order valence-electron chi connectivity index (χ1n) is 3.68. The zero-order chi connectivity index (χ0) is 8.27. The van der Waals surface area contributed by atoms with Crippen LogP contribution in [0.1, 0.15) is 23.9 Å². The van der Waals surface area contributed by atoms with Crippen LogP contribution in [0.15, 0.2) is 4.79 Å². The van der Waals surface area contributed by atoms with Crippen molar-refractivity contribution in [3.05, 3.63) is 20.2 Å². The summed E-state index contributed by atoms with van der Waals surface area (Å²) in [6, 6.07) is 0. The molecule has 0 aliphatic carbocycles. The predicted octanol–water partition coefficient (Wildman–Crippen LogP) is 0.848. The predicted molar refractivity (Wildman–Crippen MR) is 46.8 cm³/mol. The number of nitrogens with two attached hydrogens (primary N) is 1.